The van der Waals surface area contributed by atoms with Gasteiger partial charge in [0.1, 0.15) is 0 Å². The number of carbonyl (C=O) groups is 1. The molecule has 0 radical (unpaired) electrons. The summed E-state index contributed by atoms with van der Waals surface area (Å²) in [6.45, 7) is 0. The molecular formula is C14H13NO2S. The number of aliphatic imine (C=N–C) groups is 1. The van der Waals surface area contributed by atoms with Gasteiger partial charge < -0.3 is 5.11 Å². The van der Waals surface area contributed by atoms with Crippen molar-refractivity contribution in [2.24, 2.45) is 4.99 Å². The van der Waals surface area contributed by atoms with Gasteiger partial charge >= 0.3 is 5.97 Å². The van der Waals surface area contributed by atoms with Gasteiger partial charge in [-0.05, 0) is 17.0 Å². The minimum atomic E-state index is -0.897. The Kier molecular flexibility index (Phi) is 4.25. The summed E-state index contributed by atoms with van der Waals surface area (Å²) >= 11 is 1.54. The molecule has 1 aromatic heterocycles. The lowest BCUT2D eigenvalue weighted by Gasteiger charge is -2.06. The van der Waals surface area contributed by atoms with Crippen LogP contribution >= 0.6 is 11.3 Å². The molecule has 92 valence electrons. The summed E-state index contributed by atoms with van der Waals surface area (Å²) in [4.78, 5) is 16.3. The maximum Gasteiger partial charge on any atom is 0.328 e. The van der Waals surface area contributed by atoms with Crippen molar-refractivity contribution in [1.29, 1.82) is 0 Å². The molecular weight excluding hydrogens is 246 g/mol. The lowest BCUT2D eigenvalue weighted by molar-refractivity contribution is -0.138. The molecule has 1 N–H and O–H groups in total. The first-order chi connectivity index (χ1) is 8.75. The Hall–Kier alpha value is -1.94. The van der Waals surface area contributed by atoms with E-state index in [9.17, 15) is 4.79 Å². The molecule has 1 atom stereocenters. The van der Waals surface area contributed by atoms with Crippen LogP contribution in [0.2, 0.25) is 0 Å². The minimum Gasteiger partial charge on any atom is -0.480 e. The topological polar surface area (TPSA) is 49.7 Å². The van der Waals surface area contributed by atoms with Crippen molar-refractivity contribution in [2.75, 3.05) is 0 Å². The highest BCUT2D eigenvalue weighted by Gasteiger charge is 2.15. The highest BCUT2D eigenvalue weighted by molar-refractivity contribution is 7.11. The van der Waals surface area contributed by atoms with Crippen molar-refractivity contribution >= 4 is 23.5 Å². The van der Waals surface area contributed by atoms with Crippen LogP contribution in [0.3, 0.4) is 0 Å². The van der Waals surface area contributed by atoms with E-state index >= 15 is 0 Å². The summed E-state index contributed by atoms with van der Waals surface area (Å²) in [5.41, 5.74) is 0.980. The highest BCUT2D eigenvalue weighted by Crippen LogP contribution is 2.09. The molecule has 3 nitrogen and oxygen atoms in total. The predicted octanol–water partition coefficient (Wildman–Crippen LogP) is 2.86. The molecule has 4 heteroatoms. The average Bonchev–Trinajstić information content (AvgIpc) is 2.88. The summed E-state index contributed by atoms with van der Waals surface area (Å²) < 4.78 is 0. The van der Waals surface area contributed by atoms with Crippen molar-refractivity contribution in [3.63, 3.8) is 0 Å². The molecule has 0 amide bonds. The van der Waals surface area contributed by atoms with Crippen LogP contribution in [0, 0.1) is 0 Å². The second-order valence-electron chi connectivity index (χ2n) is 3.84. The van der Waals surface area contributed by atoms with Gasteiger partial charge in [-0.15, -0.1) is 11.3 Å². The van der Waals surface area contributed by atoms with Gasteiger partial charge in [-0.2, -0.15) is 0 Å². The molecule has 2 rings (SSSR count). The molecule has 0 aliphatic heterocycles. The van der Waals surface area contributed by atoms with Crippen molar-refractivity contribution < 1.29 is 9.90 Å². The first-order valence-electron chi connectivity index (χ1n) is 5.59. The number of hydrogen-bond donors (Lipinski definition) is 1. The number of aliphatic carboxylic acids is 1. The monoisotopic (exact) mass is 259 g/mol. The minimum absolute atomic E-state index is 0.415. The number of thiophene rings is 1. The molecule has 2 aromatic rings. The van der Waals surface area contributed by atoms with Crippen molar-refractivity contribution in [2.45, 2.75) is 12.5 Å². The maximum absolute atomic E-state index is 11.2. The highest BCUT2D eigenvalue weighted by atomic mass is 32.1. The quantitative estimate of drug-likeness (QED) is 0.839. The third kappa shape index (κ3) is 3.53. The van der Waals surface area contributed by atoms with Gasteiger partial charge in [0.2, 0.25) is 0 Å². The second-order valence-corrected chi connectivity index (χ2v) is 4.82. The Morgan fingerprint density at radius 3 is 2.67 bits per heavy atom. The molecule has 1 aromatic carbocycles. The van der Waals surface area contributed by atoms with Crippen molar-refractivity contribution in [1.82, 2.24) is 0 Å². The van der Waals surface area contributed by atoms with Crippen LogP contribution in [0.1, 0.15) is 10.4 Å². The fourth-order valence-corrected chi connectivity index (χ4v) is 2.16. The summed E-state index contributed by atoms with van der Waals surface area (Å²) in [5.74, 6) is -0.897. The zero-order valence-corrected chi connectivity index (χ0v) is 10.5. The summed E-state index contributed by atoms with van der Waals surface area (Å²) in [6, 6.07) is 12.6. The van der Waals surface area contributed by atoms with Gasteiger partial charge in [-0.25, -0.2) is 4.79 Å². The van der Waals surface area contributed by atoms with Gasteiger partial charge in [-0.3, -0.25) is 4.99 Å². The van der Waals surface area contributed by atoms with Gasteiger partial charge in [0.25, 0.3) is 0 Å². The lowest BCUT2D eigenvalue weighted by atomic mass is 10.1. The predicted molar refractivity (Wildman–Crippen MR) is 73.5 cm³/mol. The first kappa shape index (κ1) is 12.5. The SMILES string of the molecule is O=C(O)C(Cc1ccccc1)N=Cc1cccs1. The number of rotatable bonds is 5. The van der Waals surface area contributed by atoms with E-state index in [4.69, 9.17) is 5.11 Å². The van der Waals surface area contributed by atoms with E-state index < -0.39 is 12.0 Å². The van der Waals surface area contributed by atoms with E-state index in [1.807, 2.05) is 47.8 Å². The van der Waals surface area contributed by atoms with Crippen molar-refractivity contribution in [3.05, 3.63) is 58.3 Å². The van der Waals surface area contributed by atoms with Crippen LogP contribution in [-0.2, 0) is 11.2 Å². The number of carboxylic acid groups (broad SMARTS) is 1. The van der Waals surface area contributed by atoms with Crippen LogP contribution in [0.25, 0.3) is 0 Å². The summed E-state index contributed by atoms with van der Waals surface area (Å²) in [6.07, 6.45) is 2.05. The molecule has 0 saturated heterocycles. The molecule has 0 aliphatic carbocycles. The second kappa shape index (κ2) is 6.12. The smallest absolute Gasteiger partial charge is 0.328 e. The lowest BCUT2D eigenvalue weighted by Crippen LogP contribution is -2.20. The van der Waals surface area contributed by atoms with Gasteiger partial charge in [0.15, 0.2) is 6.04 Å². The Bertz CT molecular complexity index is 520. The van der Waals surface area contributed by atoms with Crippen LogP contribution in [-0.4, -0.2) is 23.3 Å². The van der Waals surface area contributed by atoms with Gasteiger partial charge in [-0.1, -0.05) is 36.4 Å². The maximum atomic E-state index is 11.2. The number of nitrogens with zero attached hydrogens (tertiary/aromatic N) is 1. The first-order valence-corrected chi connectivity index (χ1v) is 6.47. The standard InChI is InChI=1S/C14H13NO2S/c16-14(17)13(9-11-5-2-1-3-6-11)15-10-12-7-4-8-18-12/h1-8,10,13H,9H2,(H,16,17). The van der Waals surface area contributed by atoms with Crippen LogP contribution < -0.4 is 0 Å². The van der Waals surface area contributed by atoms with Gasteiger partial charge in [0.05, 0.1) is 0 Å². The molecule has 0 fully saturated rings. The fourth-order valence-electron chi connectivity index (χ4n) is 1.57. The third-order valence-corrected chi connectivity index (χ3v) is 3.29. The summed E-state index contributed by atoms with van der Waals surface area (Å²) in [5, 5.41) is 11.1. The molecule has 0 bridgehead atoms. The Morgan fingerprint density at radius 1 is 1.28 bits per heavy atom. The van der Waals surface area contributed by atoms with E-state index in [0.717, 1.165) is 10.4 Å². The normalized spacial score (nSPS) is 12.7. The zero-order chi connectivity index (χ0) is 12.8. The van der Waals surface area contributed by atoms with E-state index in [-0.39, 0.29) is 0 Å². The summed E-state index contributed by atoms with van der Waals surface area (Å²) in [7, 11) is 0. The number of hydrogen-bond acceptors (Lipinski definition) is 3. The molecule has 18 heavy (non-hydrogen) atoms. The molecule has 1 heterocycles. The van der Waals surface area contributed by atoms with E-state index in [0.29, 0.717) is 6.42 Å². The van der Waals surface area contributed by atoms with Crippen LogP contribution in [0.5, 0.6) is 0 Å². The molecule has 0 aliphatic rings. The van der Waals surface area contributed by atoms with Gasteiger partial charge in [0, 0.05) is 17.5 Å². The third-order valence-electron chi connectivity index (χ3n) is 2.48. The van der Waals surface area contributed by atoms with Crippen molar-refractivity contribution in [3.8, 4) is 0 Å². The average molecular weight is 259 g/mol. The molecule has 0 saturated carbocycles. The van der Waals surface area contributed by atoms with E-state index in [2.05, 4.69) is 4.99 Å². The Morgan fingerprint density at radius 2 is 2.06 bits per heavy atom. The molecule has 1 unspecified atom stereocenters. The molecule has 0 spiro atoms. The van der Waals surface area contributed by atoms with Crippen LogP contribution in [0.15, 0.2) is 52.8 Å². The van der Waals surface area contributed by atoms with E-state index in [1.165, 1.54) is 0 Å². The number of carboxylic acids is 1. The Labute approximate surface area is 109 Å². The zero-order valence-electron chi connectivity index (χ0n) is 9.69. The Balaban J connectivity index is 2.07. The fraction of sp³-hybridized carbons (Fsp3) is 0.143. The number of benzene rings is 1. The van der Waals surface area contributed by atoms with E-state index in [1.54, 1.807) is 17.6 Å². The van der Waals surface area contributed by atoms with Crippen LogP contribution in [0.4, 0.5) is 0 Å². The largest absolute Gasteiger partial charge is 0.480 e.